The zero-order valence-electron chi connectivity index (χ0n) is 20.3. The van der Waals surface area contributed by atoms with Crippen LogP contribution in [0.3, 0.4) is 0 Å². The Bertz CT molecular complexity index is 1060. The third kappa shape index (κ3) is 9.93. The second-order valence-electron chi connectivity index (χ2n) is 8.37. The van der Waals surface area contributed by atoms with Gasteiger partial charge in [0.25, 0.3) is 0 Å². The number of carboxylic acid groups (broad SMARTS) is 2. The smallest absolute Gasteiger partial charge is 0.414 e. The van der Waals surface area contributed by atoms with Crippen LogP contribution in [0.1, 0.15) is 49.2 Å². The van der Waals surface area contributed by atoms with E-state index in [9.17, 15) is 4.79 Å². The van der Waals surface area contributed by atoms with Gasteiger partial charge in [-0.3, -0.25) is 4.90 Å². The molecule has 0 atom stereocenters. The lowest BCUT2D eigenvalue weighted by Gasteiger charge is -2.14. The zero-order chi connectivity index (χ0) is 25.8. The molecule has 1 fully saturated rings. The van der Waals surface area contributed by atoms with Crippen molar-refractivity contribution in [2.75, 3.05) is 19.6 Å². The number of esters is 1. The van der Waals surface area contributed by atoms with E-state index in [0.717, 1.165) is 42.2 Å². The van der Waals surface area contributed by atoms with Gasteiger partial charge >= 0.3 is 17.9 Å². The summed E-state index contributed by atoms with van der Waals surface area (Å²) in [6.45, 7) is 9.01. The van der Waals surface area contributed by atoms with Gasteiger partial charge in [0.1, 0.15) is 0 Å². The van der Waals surface area contributed by atoms with Crippen molar-refractivity contribution < 1.29 is 29.3 Å². The minimum Gasteiger partial charge on any atom is -0.473 e. The second-order valence-corrected chi connectivity index (χ2v) is 8.37. The van der Waals surface area contributed by atoms with Gasteiger partial charge in [-0.25, -0.2) is 19.4 Å². The maximum absolute atomic E-state index is 11.8. The lowest BCUT2D eigenvalue weighted by atomic mass is 10.00. The number of hydrogen-bond donors (Lipinski definition) is 2. The van der Waals surface area contributed by atoms with Crippen LogP contribution in [0.4, 0.5) is 0 Å². The Labute approximate surface area is 205 Å². The Morgan fingerprint density at radius 3 is 2.23 bits per heavy atom. The zero-order valence-corrected chi connectivity index (χ0v) is 20.3. The van der Waals surface area contributed by atoms with E-state index in [2.05, 4.69) is 42.2 Å². The molecule has 1 saturated heterocycles. The van der Waals surface area contributed by atoms with Crippen LogP contribution in [-0.2, 0) is 19.1 Å². The highest BCUT2D eigenvalue weighted by Gasteiger charge is 2.12. The van der Waals surface area contributed by atoms with E-state index in [-0.39, 0.29) is 12.1 Å². The van der Waals surface area contributed by atoms with Crippen LogP contribution in [0.25, 0.3) is 11.6 Å². The molecule has 2 aromatic rings. The monoisotopic (exact) mass is 480 g/mol. The fourth-order valence-corrected chi connectivity index (χ4v) is 3.41. The number of aryl methyl sites for hydroxylation is 1. The molecule has 1 aliphatic rings. The van der Waals surface area contributed by atoms with Gasteiger partial charge in [0.15, 0.2) is 0 Å². The number of carbonyl (C=O) groups is 3. The number of rotatable bonds is 7. The number of benzene rings is 1. The molecule has 8 heteroatoms. The van der Waals surface area contributed by atoms with Gasteiger partial charge in [-0.1, -0.05) is 42.0 Å². The molecule has 0 spiro atoms. The average molecular weight is 481 g/mol. The molecule has 1 aromatic carbocycles. The lowest BCUT2D eigenvalue weighted by Crippen LogP contribution is -2.19. The van der Waals surface area contributed by atoms with E-state index < -0.39 is 11.9 Å². The van der Waals surface area contributed by atoms with Crippen LogP contribution >= 0.6 is 0 Å². The highest BCUT2D eigenvalue weighted by Crippen LogP contribution is 2.23. The lowest BCUT2D eigenvalue weighted by molar-refractivity contribution is -0.159. The molecule has 186 valence electrons. The summed E-state index contributed by atoms with van der Waals surface area (Å²) in [6, 6.07) is 14.5. The Kier molecular flexibility index (Phi) is 10.8. The van der Waals surface area contributed by atoms with Gasteiger partial charge in [-0.05, 0) is 70.5 Å². The van der Waals surface area contributed by atoms with Crippen molar-refractivity contribution >= 4 is 29.6 Å². The summed E-state index contributed by atoms with van der Waals surface area (Å²) in [5.41, 5.74) is 5.16. The van der Waals surface area contributed by atoms with E-state index in [1.807, 2.05) is 32.0 Å². The molecular formula is C27H32N2O6. The minimum atomic E-state index is -1.82. The molecule has 35 heavy (non-hydrogen) atoms. The van der Waals surface area contributed by atoms with E-state index in [4.69, 9.17) is 29.5 Å². The van der Waals surface area contributed by atoms with Crippen LogP contribution in [0.2, 0.25) is 0 Å². The van der Waals surface area contributed by atoms with Crippen LogP contribution in [0.15, 0.2) is 54.6 Å². The fraction of sp³-hybridized carbons (Fsp3) is 0.333. The van der Waals surface area contributed by atoms with Gasteiger partial charge in [-0.2, -0.15) is 0 Å². The molecule has 0 aliphatic carbocycles. The van der Waals surface area contributed by atoms with Gasteiger partial charge in [0.2, 0.25) is 0 Å². The molecule has 0 saturated carbocycles. The highest BCUT2D eigenvalue weighted by atomic mass is 16.5. The molecule has 0 amide bonds. The Balaban J connectivity index is 0.000000641. The number of carboxylic acids is 2. The molecular weight excluding hydrogens is 448 g/mol. The molecule has 0 unspecified atom stereocenters. The maximum Gasteiger partial charge on any atom is 0.414 e. The van der Waals surface area contributed by atoms with E-state index in [1.54, 1.807) is 6.08 Å². The first-order chi connectivity index (χ1) is 16.7. The van der Waals surface area contributed by atoms with Crippen LogP contribution in [0.5, 0.6) is 0 Å². The van der Waals surface area contributed by atoms with Gasteiger partial charge in [0.05, 0.1) is 17.5 Å². The molecule has 2 N–H and O–H groups in total. The topological polar surface area (TPSA) is 117 Å². The predicted octanol–water partition coefficient (Wildman–Crippen LogP) is 4.04. The van der Waals surface area contributed by atoms with E-state index in [0.29, 0.717) is 0 Å². The highest BCUT2D eigenvalue weighted by molar-refractivity contribution is 6.27. The summed E-state index contributed by atoms with van der Waals surface area (Å²) in [5, 5.41) is 14.8. The van der Waals surface area contributed by atoms with Gasteiger partial charge in [-0.15, -0.1) is 0 Å². The molecule has 0 radical (unpaired) electrons. The van der Waals surface area contributed by atoms with Crippen molar-refractivity contribution in [3.8, 4) is 0 Å². The maximum atomic E-state index is 11.8. The third-order valence-electron chi connectivity index (χ3n) is 5.09. The Morgan fingerprint density at radius 2 is 1.66 bits per heavy atom. The number of aromatic nitrogens is 1. The quantitative estimate of drug-likeness (QED) is 0.346. The summed E-state index contributed by atoms with van der Waals surface area (Å²) in [4.78, 5) is 37.3. The van der Waals surface area contributed by atoms with Crippen molar-refractivity contribution in [2.24, 2.45) is 0 Å². The molecule has 1 aliphatic heterocycles. The number of aliphatic carboxylic acids is 2. The third-order valence-corrected chi connectivity index (χ3v) is 5.09. The Hall–Kier alpha value is -3.78. The molecule has 1 aromatic heterocycles. The number of pyridine rings is 1. The van der Waals surface area contributed by atoms with Crippen LogP contribution in [0, 0.1) is 6.92 Å². The standard InChI is InChI=1S/C25H30N2O2.C2H2O4/c1-19(2)29-25(28)14-13-22-7-6-8-24(26-22)23(15-18-27-16-4-5-17-27)21-11-9-20(3)10-12-21;3-1(4)2(5)6/h6-15,19H,4-5,16-18H2,1-3H3;(H,3,4)(H,5,6)/b14-13+,23-15-;. The van der Waals surface area contributed by atoms with Crippen molar-refractivity contribution in [2.45, 2.75) is 39.7 Å². The van der Waals surface area contributed by atoms with Gasteiger partial charge < -0.3 is 14.9 Å². The summed E-state index contributed by atoms with van der Waals surface area (Å²) in [7, 11) is 0. The normalized spacial score (nSPS) is 14.0. The summed E-state index contributed by atoms with van der Waals surface area (Å²) >= 11 is 0. The number of ether oxygens (including phenoxy) is 1. The summed E-state index contributed by atoms with van der Waals surface area (Å²) in [5.74, 6) is -4.00. The van der Waals surface area contributed by atoms with Crippen LogP contribution < -0.4 is 0 Å². The number of carbonyl (C=O) groups excluding carboxylic acids is 1. The van der Waals surface area contributed by atoms with E-state index in [1.165, 1.54) is 24.5 Å². The SMILES string of the molecule is Cc1ccc(/C(=C/CN2CCCC2)c2cccc(/C=C/C(=O)OC(C)C)n2)cc1.O=C(O)C(=O)O. The summed E-state index contributed by atoms with van der Waals surface area (Å²) < 4.78 is 5.16. The van der Waals surface area contributed by atoms with Gasteiger partial charge in [0, 0.05) is 18.2 Å². The molecule has 8 nitrogen and oxygen atoms in total. The number of nitrogens with zero attached hydrogens (tertiary/aromatic N) is 2. The largest absolute Gasteiger partial charge is 0.473 e. The molecule has 3 rings (SSSR count). The first-order valence-electron chi connectivity index (χ1n) is 11.5. The van der Waals surface area contributed by atoms with Crippen molar-refractivity contribution in [1.82, 2.24) is 9.88 Å². The fourth-order valence-electron chi connectivity index (χ4n) is 3.41. The first kappa shape index (κ1) is 27.5. The van der Waals surface area contributed by atoms with Crippen LogP contribution in [-0.4, -0.2) is 63.7 Å². The summed E-state index contributed by atoms with van der Waals surface area (Å²) in [6.07, 6.45) is 7.84. The predicted molar refractivity (Wildman–Crippen MR) is 134 cm³/mol. The van der Waals surface area contributed by atoms with Crippen molar-refractivity contribution in [3.05, 3.63) is 77.1 Å². The minimum absolute atomic E-state index is 0.131. The average Bonchev–Trinajstić information content (AvgIpc) is 3.33. The van der Waals surface area contributed by atoms with E-state index >= 15 is 0 Å². The first-order valence-corrected chi connectivity index (χ1v) is 11.5. The molecule has 0 bridgehead atoms. The Morgan fingerprint density at radius 1 is 1.03 bits per heavy atom. The number of hydrogen-bond acceptors (Lipinski definition) is 6. The van der Waals surface area contributed by atoms with Crippen molar-refractivity contribution in [3.63, 3.8) is 0 Å². The number of likely N-dealkylation sites (tertiary alicyclic amines) is 1. The second kappa shape index (κ2) is 13.8. The molecule has 2 heterocycles. The van der Waals surface area contributed by atoms with Crippen molar-refractivity contribution in [1.29, 1.82) is 0 Å².